The molecule has 0 radical (unpaired) electrons. The fourth-order valence-electron chi connectivity index (χ4n) is 2.79. The summed E-state index contributed by atoms with van der Waals surface area (Å²) in [5.74, 6) is -3.31. The minimum atomic E-state index is -4.36. The quantitative estimate of drug-likeness (QED) is 0.816. The zero-order chi connectivity index (χ0) is 18.9. The first kappa shape index (κ1) is 18.4. The monoisotopic (exact) mass is 384 g/mol. The molecule has 1 fully saturated rings. The Hall–Kier alpha value is -2.39. The summed E-state index contributed by atoms with van der Waals surface area (Å²) in [6, 6.07) is 8.01. The second-order valence-electron chi connectivity index (χ2n) is 5.76. The third kappa shape index (κ3) is 3.45. The second-order valence-corrected chi connectivity index (χ2v) is 7.63. The lowest BCUT2D eigenvalue weighted by atomic mass is 10.2. The molecule has 0 aromatic heterocycles. The number of benzene rings is 2. The average molecular weight is 384 g/mol. The molecule has 5 nitrogen and oxygen atoms in total. The van der Waals surface area contributed by atoms with E-state index in [9.17, 15) is 26.4 Å². The van der Waals surface area contributed by atoms with Gasteiger partial charge in [-0.2, -0.15) is 4.31 Å². The van der Waals surface area contributed by atoms with Crippen LogP contribution in [-0.2, 0) is 10.0 Å². The number of hydrogen-bond donors (Lipinski definition) is 0. The molecule has 2 aromatic carbocycles. The fourth-order valence-corrected chi connectivity index (χ4v) is 4.32. The van der Waals surface area contributed by atoms with Gasteiger partial charge in [0.2, 0.25) is 10.0 Å². The molecule has 1 amide bonds. The summed E-state index contributed by atoms with van der Waals surface area (Å²) >= 11 is 0. The van der Waals surface area contributed by atoms with Crippen LogP contribution in [-0.4, -0.2) is 49.7 Å². The largest absolute Gasteiger partial charge is 0.336 e. The average Bonchev–Trinajstić information content (AvgIpc) is 2.61. The number of hydrogen-bond acceptors (Lipinski definition) is 3. The van der Waals surface area contributed by atoms with Crippen LogP contribution < -0.4 is 0 Å². The van der Waals surface area contributed by atoms with E-state index >= 15 is 0 Å². The smallest absolute Gasteiger partial charge is 0.254 e. The standard InChI is InChI=1S/C17H15F3N2O3S/c18-13-4-1-3-12(11-13)17(23)21-7-9-22(10-8-21)26(24,25)16-14(19)5-2-6-15(16)20/h1-6,11H,7-10H2. The van der Waals surface area contributed by atoms with Gasteiger partial charge in [-0.05, 0) is 30.3 Å². The molecule has 0 spiro atoms. The van der Waals surface area contributed by atoms with E-state index in [1.54, 1.807) is 0 Å². The van der Waals surface area contributed by atoms with Crippen LogP contribution >= 0.6 is 0 Å². The summed E-state index contributed by atoms with van der Waals surface area (Å²) in [4.78, 5) is 12.7. The zero-order valence-electron chi connectivity index (χ0n) is 13.5. The van der Waals surface area contributed by atoms with Gasteiger partial charge in [0.05, 0.1) is 0 Å². The van der Waals surface area contributed by atoms with Crippen LogP contribution in [0, 0.1) is 17.5 Å². The Balaban J connectivity index is 1.75. The van der Waals surface area contributed by atoms with Gasteiger partial charge in [0.25, 0.3) is 5.91 Å². The number of carbonyl (C=O) groups excluding carboxylic acids is 1. The predicted octanol–water partition coefficient (Wildman–Crippen LogP) is 2.25. The third-order valence-electron chi connectivity index (χ3n) is 4.11. The van der Waals surface area contributed by atoms with Crippen molar-refractivity contribution in [2.24, 2.45) is 0 Å². The van der Waals surface area contributed by atoms with Gasteiger partial charge in [0.15, 0.2) is 4.90 Å². The fraction of sp³-hybridized carbons (Fsp3) is 0.235. The molecule has 1 heterocycles. The second kappa shape index (κ2) is 7.08. The molecular weight excluding hydrogens is 369 g/mol. The van der Waals surface area contributed by atoms with Gasteiger partial charge in [0, 0.05) is 31.7 Å². The lowest BCUT2D eigenvalue weighted by Crippen LogP contribution is -2.50. The molecular formula is C17H15F3N2O3S. The van der Waals surface area contributed by atoms with Crippen LogP contribution in [0.15, 0.2) is 47.4 Å². The molecule has 1 aliphatic heterocycles. The number of amides is 1. The number of carbonyl (C=O) groups is 1. The Kier molecular flexibility index (Phi) is 5.01. The molecule has 138 valence electrons. The number of halogens is 3. The number of nitrogens with zero attached hydrogens (tertiary/aromatic N) is 2. The lowest BCUT2D eigenvalue weighted by molar-refractivity contribution is 0.0697. The Morgan fingerprint density at radius 1 is 0.885 bits per heavy atom. The molecule has 9 heteroatoms. The zero-order valence-corrected chi connectivity index (χ0v) is 14.3. The number of piperazine rings is 1. The van der Waals surface area contributed by atoms with Crippen LogP contribution in [0.25, 0.3) is 0 Å². The third-order valence-corrected chi connectivity index (χ3v) is 6.07. The Bertz CT molecular complexity index is 922. The highest BCUT2D eigenvalue weighted by Crippen LogP contribution is 2.24. The van der Waals surface area contributed by atoms with Crippen molar-refractivity contribution in [2.45, 2.75) is 4.90 Å². The number of sulfonamides is 1. The lowest BCUT2D eigenvalue weighted by Gasteiger charge is -2.34. The van der Waals surface area contributed by atoms with Gasteiger partial charge in [-0.1, -0.05) is 12.1 Å². The highest BCUT2D eigenvalue weighted by Gasteiger charge is 2.34. The predicted molar refractivity (Wildman–Crippen MR) is 87.4 cm³/mol. The number of rotatable bonds is 3. The first-order valence-electron chi connectivity index (χ1n) is 7.80. The molecule has 0 unspecified atom stereocenters. The highest BCUT2D eigenvalue weighted by atomic mass is 32.2. The highest BCUT2D eigenvalue weighted by molar-refractivity contribution is 7.89. The summed E-state index contributed by atoms with van der Waals surface area (Å²) in [5.41, 5.74) is 0.154. The molecule has 0 N–H and O–H groups in total. The normalized spacial score (nSPS) is 15.9. The Morgan fingerprint density at radius 2 is 1.46 bits per heavy atom. The van der Waals surface area contributed by atoms with Crippen molar-refractivity contribution >= 4 is 15.9 Å². The van der Waals surface area contributed by atoms with Crippen LogP contribution in [0.3, 0.4) is 0 Å². The first-order valence-corrected chi connectivity index (χ1v) is 9.24. The van der Waals surface area contributed by atoms with Crippen molar-refractivity contribution in [1.29, 1.82) is 0 Å². The topological polar surface area (TPSA) is 57.7 Å². The molecule has 0 bridgehead atoms. The Morgan fingerprint density at radius 3 is 2.04 bits per heavy atom. The summed E-state index contributed by atoms with van der Waals surface area (Å²) in [6.07, 6.45) is 0. The molecule has 0 atom stereocenters. The van der Waals surface area contributed by atoms with E-state index in [0.29, 0.717) is 0 Å². The first-order chi connectivity index (χ1) is 12.3. The molecule has 1 saturated heterocycles. The summed E-state index contributed by atoms with van der Waals surface area (Å²) in [5, 5.41) is 0. The van der Waals surface area contributed by atoms with Crippen molar-refractivity contribution in [3.05, 3.63) is 65.5 Å². The van der Waals surface area contributed by atoms with E-state index in [1.165, 1.54) is 23.1 Å². The molecule has 3 rings (SSSR count). The molecule has 0 aliphatic carbocycles. The molecule has 1 aliphatic rings. The van der Waals surface area contributed by atoms with Crippen LogP contribution in [0.4, 0.5) is 13.2 Å². The van der Waals surface area contributed by atoms with E-state index in [-0.39, 0.29) is 31.7 Å². The van der Waals surface area contributed by atoms with Gasteiger partial charge in [-0.25, -0.2) is 21.6 Å². The van der Waals surface area contributed by atoms with E-state index < -0.39 is 38.3 Å². The van der Waals surface area contributed by atoms with Crippen molar-refractivity contribution in [1.82, 2.24) is 9.21 Å². The van der Waals surface area contributed by atoms with Gasteiger partial charge in [-0.3, -0.25) is 4.79 Å². The maximum Gasteiger partial charge on any atom is 0.254 e. The maximum absolute atomic E-state index is 13.8. The van der Waals surface area contributed by atoms with Crippen molar-refractivity contribution in [2.75, 3.05) is 26.2 Å². The van der Waals surface area contributed by atoms with Crippen LogP contribution in [0.5, 0.6) is 0 Å². The van der Waals surface area contributed by atoms with Crippen LogP contribution in [0.2, 0.25) is 0 Å². The minimum Gasteiger partial charge on any atom is -0.336 e. The van der Waals surface area contributed by atoms with E-state index in [1.807, 2.05) is 0 Å². The van der Waals surface area contributed by atoms with Gasteiger partial charge in [0.1, 0.15) is 17.5 Å². The van der Waals surface area contributed by atoms with E-state index in [0.717, 1.165) is 28.6 Å². The Labute approximate surface area is 148 Å². The maximum atomic E-state index is 13.8. The van der Waals surface area contributed by atoms with Gasteiger partial charge >= 0.3 is 0 Å². The van der Waals surface area contributed by atoms with Crippen LogP contribution in [0.1, 0.15) is 10.4 Å². The SMILES string of the molecule is O=C(c1cccc(F)c1)N1CCN(S(=O)(=O)c2c(F)cccc2F)CC1. The van der Waals surface area contributed by atoms with Crippen molar-refractivity contribution in [3.63, 3.8) is 0 Å². The van der Waals surface area contributed by atoms with Crippen molar-refractivity contribution < 1.29 is 26.4 Å². The van der Waals surface area contributed by atoms with E-state index in [2.05, 4.69) is 0 Å². The summed E-state index contributed by atoms with van der Waals surface area (Å²) < 4.78 is 66.8. The van der Waals surface area contributed by atoms with Crippen molar-refractivity contribution in [3.8, 4) is 0 Å². The van der Waals surface area contributed by atoms with Gasteiger partial charge < -0.3 is 4.90 Å². The molecule has 0 saturated carbocycles. The van der Waals surface area contributed by atoms with E-state index in [4.69, 9.17) is 0 Å². The van der Waals surface area contributed by atoms with Gasteiger partial charge in [-0.15, -0.1) is 0 Å². The minimum absolute atomic E-state index is 0.0324. The molecule has 26 heavy (non-hydrogen) atoms. The molecule has 2 aromatic rings. The summed E-state index contributed by atoms with van der Waals surface area (Å²) in [7, 11) is -4.36. The summed E-state index contributed by atoms with van der Waals surface area (Å²) in [6.45, 7) is -0.163.